The molecule has 1 N–H and O–H groups in total. The molecule has 0 spiro atoms. The summed E-state index contributed by atoms with van der Waals surface area (Å²) in [4.78, 5) is 0. The third-order valence-corrected chi connectivity index (χ3v) is 3.05. The Morgan fingerprint density at radius 1 is 1.21 bits per heavy atom. The second-order valence-electron chi connectivity index (χ2n) is 4.34. The van der Waals surface area contributed by atoms with Gasteiger partial charge < -0.3 is 10.1 Å². The van der Waals surface area contributed by atoms with Gasteiger partial charge >= 0.3 is 0 Å². The average molecular weight is 259 g/mol. The summed E-state index contributed by atoms with van der Waals surface area (Å²) in [5.41, 5.74) is 3.57. The van der Waals surface area contributed by atoms with Crippen LogP contribution in [0.5, 0.6) is 5.75 Å². The summed E-state index contributed by atoms with van der Waals surface area (Å²) in [6.07, 6.45) is 2.90. The third kappa shape index (κ3) is 2.96. The van der Waals surface area contributed by atoms with Crippen molar-refractivity contribution in [3.63, 3.8) is 0 Å². The minimum Gasteiger partial charge on any atom is -0.494 e. The number of aromatic nitrogens is 2. The molecule has 1 aromatic heterocycles. The van der Waals surface area contributed by atoms with E-state index in [9.17, 15) is 0 Å². The summed E-state index contributed by atoms with van der Waals surface area (Å²) < 4.78 is 7.46. The number of rotatable bonds is 6. The summed E-state index contributed by atoms with van der Waals surface area (Å²) in [6, 6.07) is 8.05. The van der Waals surface area contributed by atoms with Crippen LogP contribution in [0.25, 0.3) is 5.69 Å². The first-order valence-corrected chi connectivity index (χ1v) is 6.73. The molecule has 0 amide bonds. The highest BCUT2D eigenvalue weighted by atomic mass is 16.5. The van der Waals surface area contributed by atoms with Crippen molar-refractivity contribution in [1.82, 2.24) is 15.1 Å². The van der Waals surface area contributed by atoms with E-state index in [4.69, 9.17) is 4.74 Å². The first-order valence-electron chi connectivity index (χ1n) is 6.73. The molecule has 4 heteroatoms. The fourth-order valence-electron chi connectivity index (χ4n) is 2.20. The number of nitrogens with one attached hydrogen (secondary N) is 1. The zero-order valence-electron chi connectivity index (χ0n) is 11.8. The van der Waals surface area contributed by atoms with Gasteiger partial charge in [0.25, 0.3) is 0 Å². The SMILES string of the molecule is CCOc1ccc(-n2ncc(CNC)c2CC)cc1. The van der Waals surface area contributed by atoms with Crippen LogP contribution in [-0.2, 0) is 13.0 Å². The van der Waals surface area contributed by atoms with Crippen LogP contribution >= 0.6 is 0 Å². The number of benzene rings is 1. The summed E-state index contributed by atoms with van der Waals surface area (Å²) in [7, 11) is 1.95. The zero-order valence-corrected chi connectivity index (χ0v) is 11.8. The van der Waals surface area contributed by atoms with Gasteiger partial charge in [-0.25, -0.2) is 4.68 Å². The molecule has 0 bridgehead atoms. The largest absolute Gasteiger partial charge is 0.494 e. The molecule has 19 heavy (non-hydrogen) atoms. The van der Waals surface area contributed by atoms with Gasteiger partial charge in [-0.2, -0.15) is 5.10 Å². The summed E-state index contributed by atoms with van der Waals surface area (Å²) >= 11 is 0. The molecule has 0 saturated carbocycles. The van der Waals surface area contributed by atoms with E-state index in [0.29, 0.717) is 6.61 Å². The Hall–Kier alpha value is -1.81. The lowest BCUT2D eigenvalue weighted by Crippen LogP contribution is -2.08. The van der Waals surface area contributed by atoms with Gasteiger partial charge in [-0.05, 0) is 44.7 Å². The van der Waals surface area contributed by atoms with Crippen molar-refractivity contribution < 1.29 is 4.74 Å². The highest BCUT2D eigenvalue weighted by Crippen LogP contribution is 2.19. The Labute approximate surface area is 114 Å². The van der Waals surface area contributed by atoms with Gasteiger partial charge in [-0.1, -0.05) is 6.92 Å². The van der Waals surface area contributed by atoms with Crippen molar-refractivity contribution >= 4 is 0 Å². The average Bonchev–Trinajstić information content (AvgIpc) is 2.83. The predicted molar refractivity (Wildman–Crippen MR) is 76.9 cm³/mol. The van der Waals surface area contributed by atoms with E-state index in [0.717, 1.165) is 24.4 Å². The van der Waals surface area contributed by atoms with Crippen LogP contribution in [0.15, 0.2) is 30.5 Å². The first-order chi connectivity index (χ1) is 9.30. The minimum atomic E-state index is 0.688. The molecule has 1 aromatic carbocycles. The molecule has 0 aliphatic heterocycles. The quantitative estimate of drug-likeness (QED) is 0.866. The number of nitrogens with zero attached hydrogens (tertiary/aromatic N) is 2. The van der Waals surface area contributed by atoms with E-state index < -0.39 is 0 Å². The first kappa shape index (κ1) is 13.6. The van der Waals surface area contributed by atoms with Gasteiger partial charge in [0.2, 0.25) is 0 Å². The Balaban J connectivity index is 2.30. The maximum absolute atomic E-state index is 5.46. The topological polar surface area (TPSA) is 39.1 Å². The highest BCUT2D eigenvalue weighted by Gasteiger charge is 2.09. The number of ether oxygens (including phenoxy) is 1. The minimum absolute atomic E-state index is 0.688. The molecule has 0 atom stereocenters. The van der Waals surface area contributed by atoms with Crippen molar-refractivity contribution in [2.45, 2.75) is 26.8 Å². The van der Waals surface area contributed by atoms with Crippen LogP contribution in [0, 0.1) is 0 Å². The fraction of sp³-hybridized carbons (Fsp3) is 0.400. The molecule has 0 fully saturated rings. The Morgan fingerprint density at radius 3 is 2.53 bits per heavy atom. The normalized spacial score (nSPS) is 10.7. The van der Waals surface area contributed by atoms with Crippen molar-refractivity contribution in [1.29, 1.82) is 0 Å². The van der Waals surface area contributed by atoms with Crippen LogP contribution in [0.1, 0.15) is 25.1 Å². The fourth-order valence-corrected chi connectivity index (χ4v) is 2.20. The lowest BCUT2D eigenvalue weighted by atomic mass is 10.2. The molecule has 1 heterocycles. The Kier molecular flexibility index (Phi) is 4.58. The van der Waals surface area contributed by atoms with Gasteiger partial charge in [0, 0.05) is 17.8 Å². The van der Waals surface area contributed by atoms with Crippen LogP contribution in [-0.4, -0.2) is 23.4 Å². The summed E-state index contributed by atoms with van der Waals surface area (Å²) in [5.74, 6) is 0.895. The Morgan fingerprint density at radius 2 is 1.95 bits per heavy atom. The monoisotopic (exact) mass is 259 g/mol. The standard InChI is InChI=1S/C15H21N3O/c1-4-15-12(10-16-3)11-17-18(15)13-6-8-14(9-7-13)19-5-2/h6-9,11,16H,4-5,10H2,1-3H3. The molecule has 0 saturated heterocycles. The molecule has 0 radical (unpaired) electrons. The summed E-state index contributed by atoms with van der Waals surface area (Å²) in [5, 5.41) is 7.66. The predicted octanol–water partition coefficient (Wildman–Crippen LogP) is 2.55. The Bertz CT molecular complexity index is 517. The van der Waals surface area contributed by atoms with E-state index in [1.807, 2.05) is 49.1 Å². The van der Waals surface area contributed by atoms with E-state index in [1.165, 1.54) is 11.3 Å². The summed E-state index contributed by atoms with van der Waals surface area (Å²) in [6.45, 7) is 5.68. The number of hydrogen-bond donors (Lipinski definition) is 1. The molecule has 4 nitrogen and oxygen atoms in total. The van der Waals surface area contributed by atoms with Crippen molar-refractivity contribution in [3.8, 4) is 11.4 Å². The third-order valence-electron chi connectivity index (χ3n) is 3.05. The molecular formula is C15H21N3O. The smallest absolute Gasteiger partial charge is 0.119 e. The van der Waals surface area contributed by atoms with E-state index >= 15 is 0 Å². The van der Waals surface area contributed by atoms with Crippen LogP contribution < -0.4 is 10.1 Å². The van der Waals surface area contributed by atoms with Crippen molar-refractivity contribution in [2.75, 3.05) is 13.7 Å². The highest BCUT2D eigenvalue weighted by molar-refractivity contribution is 5.39. The molecule has 0 aliphatic rings. The second kappa shape index (κ2) is 6.38. The zero-order chi connectivity index (χ0) is 13.7. The molecule has 2 rings (SSSR count). The van der Waals surface area contributed by atoms with Gasteiger partial charge in [0.05, 0.1) is 18.5 Å². The maximum Gasteiger partial charge on any atom is 0.119 e. The lowest BCUT2D eigenvalue weighted by molar-refractivity contribution is 0.340. The maximum atomic E-state index is 5.46. The molecule has 2 aromatic rings. The second-order valence-corrected chi connectivity index (χ2v) is 4.34. The van der Waals surface area contributed by atoms with Gasteiger partial charge in [0.1, 0.15) is 5.75 Å². The molecular weight excluding hydrogens is 238 g/mol. The molecule has 0 aliphatic carbocycles. The van der Waals surface area contributed by atoms with Crippen molar-refractivity contribution in [3.05, 3.63) is 41.7 Å². The number of hydrogen-bond acceptors (Lipinski definition) is 3. The van der Waals surface area contributed by atoms with E-state index in [1.54, 1.807) is 0 Å². The van der Waals surface area contributed by atoms with Crippen LogP contribution in [0.3, 0.4) is 0 Å². The van der Waals surface area contributed by atoms with Gasteiger partial charge in [-0.3, -0.25) is 0 Å². The van der Waals surface area contributed by atoms with Crippen LogP contribution in [0.4, 0.5) is 0 Å². The molecule has 102 valence electrons. The van der Waals surface area contributed by atoms with E-state index in [2.05, 4.69) is 17.3 Å². The lowest BCUT2D eigenvalue weighted by Gasteiger charge is -2.09. The van der Waals surface area contributed by atoms with Crippen molar-refractivity contribution in [2.24, 2.45) is 0 Å². The van der Waals surface area contributed by atoms with Gasteiger partial charge in [0.15, 0.2) is 0 Å². The van der Waals surface area contributed by atoms with E-state index in [-0.39, 0.29) is 0 Å². The van der Waals surface area contributed by atoms with Gasteiger partial charge in [-0.15, -0.1) is 0 Å². The molecule has 0 unspecified atom stereocenters. The van der Waals surface area contributed by atoms with Crippen LogP contribution in [0.2, 0.25) is 0 Å².